The fraction of sp³-hybridized carbons (Fsp3) is 0.217. The Hall–Kier alpha value is -2.68. The fourth-order valence-electron chi connectivity index (χ4n) is 3.23. The van der Waals surface area contributed by atoms with Crippen LogP contribution in [0.1, 0.15) is 35.5 Å². The number of furan rings is 1. The smallest absolute Gasteiger partial charge is 0.260 e. The SMILES string of the molecule is Cc1ccc(Cl)c2sc(N(Cc3ccco3)C(=O)c3cccc(S(=O)(=O)C(C)C)c3)nc12. The van der Waals surface area contributed by atoms with Gasteiger partial charge in [0.1, 0.15) is 5.76 Å². The van der Waals surface area contributed by atoms with Crippen LogP contribution in [0.5, 0.6) is 0 Å². The molecule has 32 heavy (non-hydrogen) atoms. The number of carbonyl (C=O) groups excluding carboxylic acids is 1. The minimum Gasteiger partial charge on any atom is -0.467 e. The van der Waals surface area contributed by atoms with Crippen LogP contribution in [0, 0.1) is 6.92 Å². The van der Waals surface area contributed by atoms with Gasteiger partial charge in [-0.2, -0.15) is 0 Å². The number of halogens is 1. The fourth-order valence-corrected chi connectivity index (χ4v) is 5.64. The predicted molar refractivity (Wildman–Crippen MR) is 127 cm³/mol. The van der Waals surface area contributed by atoms with Gasteiger partial charge in [0.15, 0.2) is 15.0 Å². The first-order valence-corrected chi connectivity index (χ1v) is 12.7. The molecule has 0 fully saturated rings. The zero-order valence-corrected chi connectivity index (χ0v) is 20.1. The van der Waals surface area contributed by atoms with E-state index in [0.717, 1.165) is 15.8 Å². The van der Waals surface area contributed by atoms with Gasteiger partial charge in [-0.25, -0.2) is 13.4 Å². The molecule has 4 rings (SSSR count). The lowest BCUT2D eigenvalue weighted by Crippen LogP contribution is -2.30. The molecule has 0 N–H and O–H groups in total. The van der Waals surface area contributed by atoms with E-state index in [2.05, 4.69) is 4.98 Å². The number of aryl methyl sites for hydroxylation is 1. The third-order valence-electron chi connectivity index (χ3n) is 5.09. The Bertz CT molecular complexity index is 1350. The molecular weight excluding hydrogens is 468 g/mol. The van der Waals surface area contributed by atoms with Crippen molar-refractivity contribution >= 4 is 54.0 Å². The van der Waals surface area contributed by atoms with E-state index in [-0.39, 0.29) is 22.9 Å². The van der Waals surface area contributed by atoms with Crippen molar-refractivity contribution in [1.82, 2.24) is 4.98 Å². The highest BCUT2D eigenvalue weighted by atomic mass is 35.5. The van der Waals surface area contributed by atoms with Crippen LogP contribution in [-0.4, -0.2) is 24.6 Å². The molecule has 0 aliphatic rings. The highest BCUT2D eigenvalue weighted by Crippen LogP contribution is 2.36. The van der Waals surface area contributed by atoms with Crippen molar-refractivity contribution in [2.45, 2.75) is 37.5 Å². The number of carbonyl (C=O) groups is 1. The summed E-state index contributed by atoms with van der Waals surface area (Å²) in [6.07, 6.45) is 1.53. The summed E-state index contributed by atoms with van der Waals surface area (Å²) in [4.78, 5) is 19.9. The monoisotopic (exact) mass is 488 g/mol. The van der Waals surface area contributed by atoms with Gasteiger partial charge in [0.05, 0.1) is 38.2 Å². The molecule has 0 bridgehead atoms. The van der Waals surface area contributed by atoms with Gasteiger partial charge in [-0.15, -0.1) is 0 Å². The minimum absolute atomic E-state index is 0.111. The number of rotatable bonds is 6. The van der Waals surface area contributed by atoms with Gasteiger partial charge in [-0.3, -0.25) is 9.69 Å². The second kappa shape index (κ2) is 8.69. The second-order valence-electron chi connectivity index (χ2n) is 7.63. The van der Waals surface area contributed by atoms with Crippen LogP contribution >= 0.6 is 22.9 Å². The number of aromatic nitrogens is 1. The van der Waals surface area contributed by atoms with Crippen molar-refractivity contribution in [2.75, 3.05) is 4.90 Å². The lowest BCUT2D eigenvalue weighted by molar-refractivity contribution is 0.0983. The van der Waals surface area contributed by atoms with Gasteiger partial charge in [0.2, 0.25) is 0 Å². The number of anilines is 1. The first kappa shape index (κ1) is 22.5. The molecule has 2 aromatic carbocycles. The highest BCUT2D eigenvalue weighted by molar-refractivity contribution is 7.92. The lowest BCUT2D eigenvalue weighted by atomic mass is 10.2. The van der Waals surface area contributed by atoms with Crippen molar-refractivity contribution in [3.63, 3.8) is 0 Å². The number of hydrogen-bond acceptors (Lipinski definition) is 6. The van der Waals surface area contributed by atoms with Crippen molar-refractivity contribution in [1.29, 1.82) is 0 Å². The minimum atomic E-state index is -3.52. The van der Waals surface area contributed by atoms with Crippen molar-refractivity contribution in [3.05, 3.63) is 76.7 Å². The van der Waals surface area contributed by atoms with Crippen LogP contribution in [0.4, 0.5) is 5.13 Å². The molecule has 0 atom stereocenters. The van der Waals surface area contributed by atoms with E-state index in [9.17, 15) is 13.2 Å². The van der Waals surface area contributed by atoms with Crippen LogP contribution in [-0.2, 0) is 16.4 Å². The van der Waals surface area contributed by atoms with Crippen LogP contribution < -0.4 is 4.90 Å². The maximum atomic E-state index is 13.6. The van der Waals surface area contributed by atoms with Gasteiger partial charge in [0, 0.05) is 5.56 Å². The summed E-state index contributed by atoms with van der Waals surface area (Å²) in [5.41, 5.74) is 1.92. The summed E-state index contributed by atoms with van der Waals surface area (Å²) in [6, 6.07) is 13.3. The number of fused-ring (bicyclic) bond motifs is 1. The highest BCUT2D eigenvalue weighted by Gasteiger charge is 2.26. The summed E-state index contributed by atoms with van der Waals surface area (Å²) in [6.45, 7) is 5.30. The molecule has 2 heterocycles. The van der Waals surface area contributed by atoms with Gasteiger partial charge >= 0.3 is 0 Å². The molecule has 166 valence electrons. The number of benzene rings is 2. The van der Waals surface area contributed by atoms with E-state index in [1.54, 1.807) is 44.2 Å². The van der Waals surface area contributed by atoms with Crippen molar-refractivity contribution in [2.24, 2.45) is 0 Å². The predicted octanol–water partition coefficient (Wildman–Crippen LogP) is 5.88. The molecule has 6 nitrogen and oxygen atoms in total. The maximum Gasteiger partial charge on any atom is 0.260 e. The zero-order chi connectivity index (χ0) is 23.0. The van der Waals surface area contributed by atoms with E-state index in [4.69, 9.17) is 16.0 Å². The molecule has 0 aliphatic carbocycles. The van der Waals surface area contributed by atoms with Gasteiger partial charge < -0.3 is 4.42 Å². The average Bonchev–Trinajstić information content (AvgIpc) is 3.45. The van der Waals surface area contributed by atoms with E-state index in [1.807, 2.05) is 13.0 Å². The third-order valence-corrected chi connectivity index (χ3v) is 8.78. The van der Waals surface area contributed by atoms with Crippen LogP contribution in [0.3, 0.4) is 0 Å². The van der Waals surface area contributed by atoms with Crippen LogP contribution in [0.25, 0.3) is 10.2 Å². The van der Waals surface area contributed by atoms with E-state index in [0.29, 0.717) is 15.9 Å². The van der Waals surface area contributed by atoms with E-state index < -0.39 is 15.1 Å². The summed E-state index contributed by atoms with van der Waals surface area (Å²) >= 11 is 7.68. The number of nitrogens with zero attached hydrogens (tertiary/aromatic N) is 2. The van der Waals surface area contributed by atoms with Crippen molar-refractivity contribution in [3.8, 4) is 0 Å². The van der Waals surface area contributed by atoms with Gasteiger partial charge in [-0.05, 0) is 62.7 Å². The number of thiazole rings is 1. The number of amides is 1. The molecule has 0 radical (unpaired) electrons. The molecule has 0 saturated heterocycles. The Kier molecular flexibility index (Phi) is 6.11. The lowest BCUT2D eigenvalue weighted by Gasteiger charge is -2.19. The van der Waals surface area contributed by atoms with E-state index >= 15 is 0 Å². The third kappa shape index (κ3) is 4.18. The topological polar surface area (TPSA) is 80.5 Å². The molecular formula is C23H21ClN2O4S2. The normalized spacial score (nSPS) is 11.9. The molecule has 0 aliphatic heterocycles. The Balaban J connectivity index is 1.81. The maximum absolute atomic E-state index is 13.6. The molecule has 2 aromatic heterocycles. The molecule has 1 amide bonds. The van der Waals surface area contributed by atoms with Crippen molar-refractivity contribution < 1.29 is 17.6 Å². The molecule has 9 heteroatoms. The summed E-state index contributed by atoms with van der Waals surface area (Å²) in [5.74, 6) is 0.196. The Labute approximate surface area is 195 Å². The standard InChI is InChI=1S/C23H21ClN2O4S2/c1-14(2)32(28,29)18-8-4-6-16(12-18)22(27)26(13-17-7-5-11-30-17)23-25-20-15(3)9-10-19(24)21(20)31-23/h4-12,14H,13H2,1-3H3. The average molecular weight is 489 g/mol. The first-order valence-electron chi connectivity index (χ1n) is 9.92. The van der Waals surface area contributed by atoms with Gasteiger partial charge in [-0.1, -0.05) is 35.1 Å². The molecule has 0 unspecified atom stereocenters. The first-order chi connectivity index (χ1) is 15.2. The van der Waals surface area contributed by atoms with E-state index in [1.165, 1.54) is 34.6 Å². The zero-order valence-electron chi connectivity index (χ0n) is 17.7. The largest absolute Gasteiger partial charge is 0.467 e. The number of hydrogen-bond donors (Lipinski definition) is 0. The molecule has 0 saturated carbocycles. The molecule has 0 spiro atoms. The Morgan fingerprint density at radius 2 is 1.97 bits per heavy atom. The summed E-state index contributed by atoms with van der Waals surface area (Å²) in [7, 11) is -3.52. The van der Waals surface area contributed by atoms with Crippen LogP contribution in [0.15, 0.2) is 64.1 Å². The quantitative estimate of drug-likeness (QED) is 0.338. The number of sulfone groups is 1. The van der Waals surface area contributed by atoms with Gasteiger partial charge in [0.25, 0.3) is 5.91 Å². The Morgan fingerprint density at radius 3 is 2.62 bits per heavy atom. The molecule has 4 aromatic rings. The Morgan fingerprint density at radius 1 is 1.19 bits per heavy atom. The van der Waals surface area contributed by atoms with Crippen LogP contribution in [0.2, 0.25) is 5.02 Å². The summed E-state index contributed by atoms with van der Waals surface area (Å²) in [5, 5.41) is 0.418. The second-order valence-corrected chi connectivity index (χ2v) is 11.5. The summed E-state index contributed by atoms with van der Waals surface area (Å²) < 4.78 is 31.5.